The molecule has 0 bridgehead atoms. The van der Waals surface area contributed by atoms with Crippen LogP contribution in [-0.2, 0) is 0 Å². The fraction of sp³-hybridized carbons (Fsp3) is 0.211. The SMILES string of the molecule is CN(C)CCOc1ccc(C(=O)c2cc3ccccc3s2)cc1. The topological polar surface area (TPSA) is 29.5 Å². The molecule has 2 aromatic carbocycles. The molecule has 0 N–H and O–H groups in total. The lowest BCUT2D eigenvalue weighted by atomic mass is 10.1. The fourth-order valence-electron chi connectivity index (χ4n) is 2.28. The Kier molecular flexibility index (Phi) is 4.74. The summed E-state index contributed by atoms with van der Waals surface area (Å²) >= 11 is 1.54. The summed E-state index contributed by atoms with van der Waals surface area (Å²) in [5.41, 5.74) is 0.691. The van der Waals surface area contributed by atoms with Gasteiger partial charge in [-0.1, -0.05) is 18.2 Å². The van der Waals surface area contributed by atoms with Crippen LogP contribution in [-0.4, -0.2) is 37.9 Å². The van der Waals surface area contributed by atoms with E-state index in [2.05, 4.69) is 4.90 Å². The summed E-state index contributed by atoms with van der Waals surface area (Å²) in [7, 11) is 4.02. The van der Waals surface area contributed by atoms with Crippen molar-refractivity contribution in [1.82, 2.24) is 4.90 Å². The molecule has 3 rings (SSSR count). The monoisotopic (exact) mass is 325 g/mol. The van der Waals surface area contributed by atoms with Crippen molar-refractivity contribution < 1.29 is 9.53 Å². The van der Waals surface area contributed by atoms with E-state index in [9.17, 15) is 4.79 Å². The van der Waals surface area contributed by atoms with Gasteiger partial charge in [-0.15, -0.1) is 11.3 Å². The molecular weight excluding hydrogens is 306 g/mol. The third kappa shape index (κ3) is 3.78. The third-order valence-electron chi connectivity index (χ3n) is 3.57. The van der Waals surface area contributed by atoms with Gasteiger partial charge in [0.05, 0.1) is 4.88 Å². The number of hydrogen-bond donors (Lipinski definition) is 0. The van der Waals surface area contributed by atoms with Gasteiger partial charge in [0.1, 0.15) is 12.4 Å². The summed E-state index contributed by atoms with van der Waals surface area (Å²) in [5, 5.41) is 1.12. The second kappa shape index (κ2) is 6.94. The van der Waals surface area contributed by atoms with Gasteiger partial charge in [-0.25, -0.2) is 0 Å². The highest BCUT2D eigenvalue weighted by atomic mass is 32.1. The van der Waals surface area contributed by atoms with E-state index in [0.717, 1.165) is 27.3 Å². The Hall–Kier alpha value is -2.17. The van der Waals surface area contributed by atoms with Crippen LogP contribution >= 0.6 is 11.3 Å². The maximum Gasteiger partial charge on any atom is 0.202 e. The van der Waals surface area contributed by atoms with Gasteiger partial charge >= 0.3 is 0 Å². The van der Waals surface area contributed by atoms with E-state index in [-0.39, 0.29) is 5.78 Å². The van der Waals surface area contributed by atoms with E-state index in [1.54, 1.807) is 0 Å². The number of hydrogen-bond acceptors (Lipinski definition) is 4. The third-order valence-corrected chi connectivity index (χ3v) is 4.69. The van der Waals surface area contributed by atoms with Gasteiger partial charge < -0.3 is 9.64 Å². The van der Waals surface area contributed by atoms with Gasteiger partial charge in [0.25, 0.3) is 0 Å². The van der Waals surface area contributed by atoms with Gasteiger partial charge in [0.2, 0.25) is 5.78 Å². The van der Waals surface area contributed by atoms with Crippen LogP contribution in [0, 0.1) is 0 Å². The zero-order chi connectivity index (χ0) is 16.2. The van der Waals surface area contributed by atoms with Crippen molar-refractivity contribution in [3.8, 4) is 5.75 Å². The maximum atomic E-state index is 12.6. The molecule has 1 aromatic heterocycles. The van der Waals surface area contributed by atoms with Crippen molar-refractivity contribution >= 4 is 27.2 Å². The predicted octanol–water partition coefficient (Wildman–Crippen LogP) is 4.07. The van der Waals surface area contributed by atoms with Gasteiger partial charge in [-0.2, -0.15) is 0 Å². The highest BCUT2D eigenvalue weighted by Crippen LogP contribution is 2.27. The molecule has 4 heteroatoms. The van der Waals surface area contributed by atoms with E-state index < -0.39 is 0 Å². The molecule has 0 aliphatic rings. The number of rotatable bonds is 6. The molecule has 118 valence electrons. The number of ether oxygens (including phenoxy) is 1. The van der Waals surface area contributed by atoms with Crippen LogP contribution in [0.25, 0.3) is 10.1 Å². The Morgan fingerprint density at radius 3 is 2.52 bits per heavy atom. The lowest BCUT2D eigenvalue weighted by Gasteiger charge is -2.11. The lowest BCUT2D eigenvalue weighted by Crippen LogP contribution is -2.19. The molecule has 0 atom stereocenters. The summed E-state index contributed by atoms with van der Waals surface area (Å²) in [5.74, 6) is 0.853. The fourth-order valence-corrected chi connectivity index (χ4v) is 3.31. The van der Waals surface area contributed by atoms with Gasteiger partial charge in [-0.3, -0.25) is 4.79 Å². The van der Waals surface area contributed by atoms with E-state index in [0.29, 0.717) is 12.2 Å². The number of benzene rings is 2. The van der Waals surface area contributed by atoms with Crippen LogP contribution in [0.15, 0.2) is 54.6 Å². The lowest BCUT2D eigenvalue weighted by molar-refractivity contribution is 0.104. The Bertz CT molecular complexity index is 773. The average Bonchev–Trinajstić information content (AvgIpc) is 2.98. The number of carbonyl (C=O) groups excluding carboxylic acids is 1. The van der Waals surface area contributed by atoms with Crippen LogP contribution < -0.4 is 4.74 Å². The quantitative estimate of drug-likeness (QED) is 0.640. The maximum absolute atomic E-state index is 12.6. The summed E-state index contributed by atoms with van der Waals surface area (Å²) in [6, 6.07) is 17.4. The minimum Gasteiger partial charge on any atom is -0.492 e. The first kappa shape index (κ1) is 15.7. The smallest absolute Gasteiger partial charge is 0.202 e. The highest BCUT2D eigenvalue weighted by Gasteiger charge is 2.12. The van der Waals surface area contributed by atoms with Crippen molar-refractivity contribution in [1.29, 1.82) is 0 Å². The Balaban J connectivity index is 1.72. The van der Waals surface area contributed by atoms with Crippen LogP contribution in [0.4, 0.5) is 0 Å². The molecule has 3 nitrogen and oxygen atoms in total. The van der Waals surface area contributed by atoms with Gasteiger partial charge in [0, 0.05) is 16.8 Å². The predicted molar refractivity (Wildman–Crippen MR) is 95.7 cm³/mol. The van der Waals surface area contributed by atoms with Gasteiger partial charge in [-0.05, 0) is 55.9 Å². The molecule has 0 aliphatic carbocycles. The van der Waals surface area contributed by atoms with Crippen LogP contribution in [0.3, 0.4) is 0 Å². The van der Waals surface area contributed by atoms with E-state index in [1.807, 2.05) is 68.7 Å². The first-order chi connectivity index (χ1) is 11.1. The number of likely N-dealkylation sites (N-methyl/N-ethyl adjacent to an activating group) is 1. The molecular formula is C19H19NO2S. The van der Waals surface area contributed by atoms with Crippen molar-refractivity contribution in [2.75, 3.05) is 27.2 Å². The molecule has 0 unspecified atom stereocenters. The molecule has 0 aliphatic heterocycles. The molecule has 1 heterocycles. The van der Waals surface area contributed by atoms with Crippen molar-refractivity contribution in [3.05, 3.63) is 65.0 Å². The normalized spacial score (nSPS) is 11.1. The number of ketones is 1. The van der Waals surface area contributed by atoms with Crippen molar-refractivity contribution in [2.24, 2.45) is 0 Å². The zero-order valence-electron chi connectivity index (χ0n) is 13.3. The molecule has 0 spiro atoms. The second-order valence-electron chi connectivity index (χ2n) is 5.65. The minimum atomic E-state index is 0.0611. The number of thiophene rings is 1. The summed E-state index contributed by atoms with van der Waals surface area (Å²) in [6.07, 6.45) is 0. The second-order valence-corrected chi connectivity index (χ2v) is 6.74. The zero-order valence-corrected chi connectivity index (χ0v) is 14.1. The Labute approximate surface area is 140 Å². The molecule has 3 aromatic rings. The average molecular weight is 325 g/mol. The van der Waals surface area contributed by atoms with E-state index in [4.69, 9.17) is 4.74 Å². The number of fused-ring (bicyclic) bond motifs is 1. The standard InChI is InChI=1S/C19H19NO2S/c1-20(2)11-12-22-16-9-7-14(8-10-16)19(21)18-13-15-5-3-4-6-17(15)23-18/h3-10,13H,11-12H2,1-2H3. The molecule has 0 fully saturated rings. The summed E-state index contributed by atoms with van der Waals surface area (Å²) in [4.78, 5) is 15.4. The van der Waals surface area contributed by atoms with Crippen LogP contribution in [0.2, 0.25) is 0 Å². The molecule has 23 heavy (non-hydrogen) atoms. The summed E-state index contributed by atoms with van der Waals surface area (Å²) in [6.45, 7) is 1.50. The number of carbonyl (C=O) groups is 1. The first-order valence-electron chi connectivity index (χ1n) is 7.54. The van der Waals surface area contributed by atoms with Gasteiger partial charge in [0.15, 0.2) is 0 Å². The van der Waals surface area contributed by atoms with Crippen molar-refractivity contribution in [2.45, 2.75) is 0 Å². The largest absolute Gasteiger partial charge is 0.492 e. The molecule has 0 saturated heterocycles. The highest BCUT2D eigenvalue weighted by molar-refractivity contribution is 7.21. The number of nitrogens with zero attached hydrogens (tertiary/aromatic N) is 1. The Morgan fingerprint density at radius 1 is 1.09 bits per heavy atom. The minimum absolute atomic E-state index is 0.0611. The van der Waals surface area contributed by atoms with E-state index >= 15 is 0 Å². The summed E-state index contributed by atoms with van der Waals surface area (Å²) < 4.78 is 6.79. The molecule has 0 amide bonds. The van der Waals surface area contributed by atoms with Crippen LogP contribution in [0.1, 0.15) is 15.2 Å². The van der Waals surface area contributed by atoms with E-state index in [1.165, 1.54) is 11.3 Å². The van der Waals surface area contributed by atoms with Crippen LogP contribution in [0.5, 0.6) is 5.75 Å². The van der Waals surface area contributed by atoms with Crippen molar-refractivity contribution in [3.63, 3.8) is 0 Å². The molecule has 0 saturated carbocycles. The molecule has 0 radical (unpaired) electrons. The Morgan fingerprint density at radius 2 is 1.83 bits per heavy atom. The first-order valence-corrected chi connectivity index (χ1v) is 8.36.